The fraction of sp³-hybridized carbons (Fsp3) is 0.235. The normalized spacial score (nSPS) is 13.4. The van der Waals surface area contributed by atoms with Gasteiger partial charge in [-0.25, -0.2) is 27.9 Å². The largest absolute Gasteiger partial charge is 0.473 e. The zero-order valence-electron chi connectivity index (χ0n) is 24.1. The molecule has 0 unspecified atom stereocenters. The molecule has 1 fully saturated rings. The topological polar surface area (TPSA) is 90.0 Å². The highest BCUT2D eigenvalue weighted by molar-refractivity contribution is 5.93. The summed E-state index contributed by atoms with van der Waals surface area (Å²) in [5.41, 5.74) is 1.28. The standard InChI is InChI=1S/C34H26F4N4O3/c1-44-33(43)21-7-8-29-30(13-21)42(19-34(18-35)9-10-34)31(40-29)14-23-12-27(38)24(15-26(23)37)28-3-2-4-32(41-28)45-17-22-6-5-20(16-39)11-25(22)36/h2-8,11-13,15H,9-10,14,17-19H2,1H3. The Labute approximate surface area is 255 Å². The fourth-order valence-electron chi connectivity index (χ4n) is 5.20. The molecule has 0 amide bonds. The summed E-state index contributed by atoms with van der Waals surface area (Å²) in [6.45, 7) is -0.431. The maximum absolute atomic E-state index is 15.5. The Morgan fingerprint density at radius 1 is 0.978 bits per heavy atom. The number of ether oxygens (including phenoxy) is 2. The summed E-state index contributed by atoms with van der Waals surface area (Å²) in [6.07, 6.45) is 1.30. The summed E-state index contributed by atoms with van der Waals surface area (Å²) >= 11 is 0. The molecule has 2 aromatic heterocycles. The van der Waals surface area contributed by atoms with E-state index in [0.717, 1.165) is 18.2 Å². The molecule has 7 nitrogen and oxygen atoms in total. The second-order valence-corrected chi connectivity index (χ2v) is 11.1. The summed E-state index contributed by atoms with van der Waals surface area (Å²) in [6, 6.07) is 17.4. The first kappa shape index (κ1) is 29.8. The van der Waals surface area contributed by atoms with Crippen molar-refractivity contribution in [1.82, 2.24) is 14.5 Å². The van der Waals surface area contributed by atoms with Gasteiger partial charge in [0.2, 0.25) is 5.88 Å². The van der Waals surface area contributed by atoms with Gasteiger partial charge in [0.1, 0.15) is 29.9 Å². The molecule has 1 aliphatic carbocycles. The number of benzene rings is 3. The number of hydrogen-bond acceptors (Lipinski definition) is 6. The van der Waals surface area contributed by atoms with E-state index in [0.29, 0.717) is 35.3 Å². The number of nitrogens with zero attached hydrogens (tertiary/aromatic N) is 4. The van der Waals surface area contributed by atoms with Gasteiger partial charge in [-0.2, -0.15) is 5.26 Å². The van der Waals surface area contributed by atoms with Crippen molar-refractivity contribution in [2.24, 2.45) is 5.41 Å². The molecule has 0 radical (unpaired) electrons. The van der Waals surface area contributed by atoms with Crippen molar-refractivity contribution in [3.63, 3.8) is 0 Å². The number of carbonyl (C=O) groups excluding carboxylic acids is 1. The number of nitriles is 1. The average molecular weight is 615 g/mol. The molecule has 1 saturated carbocycles. The van der Waals surface area contributed by atoms with Crippen molar-refractivity contribution >= 4 is 17.0 Å². The molecule has 0 bridgehead atoms. The molecule has 228 valence electrons. The van der Waals surface area contributed by atoms with E-state index in [1.165, 1.54) is 31.4 Å². The van der Waals surface area contributed by atoms with Crippen molar-refractivity contribution < 1.29 is 31.8 Å². The number of fused-ring (bicyclic) bond motifs is 1. The number of aromatic nitrogens is 3. The molecule has 0 aliphatic heterocycles. The van der Waals surface area contributed by atoms with E-state index in [2.05, 4.69) is 9.97 Å². The van der Waals surface area contributed by atoms with Crippen LogP contribution in [0.5, 0.6) is 5.88 Å². The van der Waals surface area contributed by atoms with Crippen LogP contribution < -0.4 is 4.74 Å². The van der Waals surface area contributed by atoms with Crippen LogP contribution in [0.4, 0.5) is 17.6 Å². The Hall–Kier alpha value is -5.24. The lowest BCUT2D eigenvalue weighted by molar-refractivity contribution is 0.0601. The minimum atomic E-state index is -0.729. The minimum absolute atomic E-state index is 0.0368. The van der Waals surface area contributed by atoms with E-state index in [1.807, 2.05) is 6.07 Å². The van der Waals surface area contributed by atoms with Gasteiger partial charge in [-0.05, 0) is 66.9 Å². The van der Waals surface area contributed by atoms with Crippen LogP contribution >= 0.6 is 0 Å². The zero-order valence-corrected chi connectivity index (χ0v) is 24.1. The van der Waals surface area contributed by atoms with Crippen LogP contribution in [0.1, 0.15) is 45.7 Å². The Morgan fingerprint density at radius 2 is 1.78 bits per heavy atom. The maximum Gasteiger partial charge on any atom is 0.337 e. The molecule has 1 aliphatic rings. The molecule has 3 aromatic carbocycles. The molecule has 0 spiro atoms. The predicted octanol–water partition coefficient (Wildman–Crippen LogP) is 7.09. The van der Waals surface area contributed by atoms with Gasteiger partial charge in [0, 0.05) is 35.6 Å². The molecule has 6 rings (SSSR count). The third-order valence-electron chi connectivity index (χ3n) is 8.02. The van der Waals surface area contributed by atoms with E-state index in [1.54, 1.807) is 28.8 Å². The minimum Gasteiger partial charge on any atom is -0.473 e. The molecule has 45 heavy (non-hydrogen) atoms. The first-order valence-corrected chi connectivity index (χ1v) is 14.1. The first-order chi connectivity index (χ1) is 21.7. The zero-order chi connectivity index (χ0) is 31.7. The number of alkyl halides is 1. The summed E-state index contributed by atoms with van der Waals surface area (Å²) in [7, 11) is 1.27. The molecule has 5 aromatic rings. The van der Waals surface area contributed by atoms with Gasteiger partial charge < -0.3 is 14.0 Å². The highest BCUT2D eigenvalue weighted by Gasteiger charge is 2.44. The van der Waals surface area contributed by atoms with Crippen LogP contribution in [0, 0.1) is 34.2 Å². The number of imidazole rings is 1. The monoisotopic (exact) mass is 614 g/mol. The average Bonchev–Trinajstić information content (AvgIpc) is 3.76. The molecule has 2 heterocycles. The molecule has 0 N–H and O–H groups in total. The lowest BCUT2D eigenvalue weighted by atomic mass is 10.0. The number of halogens is 4. The predicted molar refractivity (Wildman–Crippen MR) is 157 cm³/mol. The van der Waals surface area contributed by atoms with Gasteiger partial charge in [0.15, 0.2) is 0 Å². The second-order valence-electron chi connectivity index (χ2n) is 11.1. The van der Waals surface area contributed by atoms with Gasteiger partial charge in [-0.15, -0.1) is 0 Å². The number of rotatable bonds is 10. The van der Waals surface area contributed by atoms with Crippen LogP contribution in [-0.2, 0) is 24.3 Å². The Bertz CT molecular complexity index is 1980. The molecule has 0 saturated heterocycles. The third kappa shape index (κ3) is 6.09. The first-order valence-electron chi connectivity index (χ1n) is 14.1. The lowest BCUT2D eigenvalue weighted by Crippen LogP contribution is -2.16. The van der Waals surface area contributed by atoms with Gasteiger partial charge >= 0.3 is 5.97 Å². The van der Waals surface area contributed by atoms with Crippen molar-refractivity contribution in [3.8, 4) is 23.2 Å². The van der Waals surface area contributed by atoms with E-state index in [9.17, 15) is 13.6 Å². The number of carbonyl (C=O) groups is 1. The molecular formula is C34H26F4N4O3. The van der Waals surface area contributed by atoms with Crippen LogP contribution in [0.3, 0.4) is 0 Å². The Morgan fingerprint density at radius 3 is 2.49 bits per heavy atom. The fourth-order valence-corrected chi connectivity index (χ4v) is 5.20. The number of pyridine rings is 1. The maximum atomic E-state index is 15.5. The van der Waals surface area contributed by atoms with E-state index < -0.39 is 35.5 Å². The lowest BCUT2D eigenvalue weighted by Gasteiger charge is -2.16. The van der Waals surface area contributed by atoms with Crippen molar-refractivity contribution in [2.75, 3.05) is 13.8 Å². The summed E-state index contributed by atoms with van der Waals surface area (Å²) in [4.78, 5) is 21.1. The van der Waals surface area contributed by atoms with E-state index in [-0.39, 0.29) is 53.4 Å². The molecule has 0 atom stereocenters. The van der Waals surface area contributed by atoms with Crippen molar-refractivity contribution in [3.05, 3.63) is 112 Å². The summed E-state index contributed by atoms with van der Waals surface area (Å²) in [5.74, 6) is -2.09. The highest BCUT2D eigenvalue weighted by atomic mass is 19.1. The number of methoxy groups -OCH3 is 1. The van der Waals surface area contributed by atoms with Crippen LogP contribution in [-0.4, -0.2) is 34.3 Å². The second kappa shape index (κ2) is 12.0. The van der Waals surface area contributed by atoms with E-state index >= 15 is 8.78 Å². The van der Waals surface area contributed by atoms with Crippen LogP contribution in [0.2, 0.25) is 0 Å². The van der Waals surface area contributed by atoms with Crippen molar-refractivity contribution in [2.45, 2.75) is 32.4 Å². The smallest absolute Gasteiger partial charge is 0.337 e. The Balaban J connectivity index is 1.28. The Kier molecular flexibility index (Phi) is 7.97. The number of hydrogen-bond donors (Lipinski definition) is 0. The van der Waals surface area contributed by atoms with Gasteiger partial charge in [0.25, 0.3) is 0 Å². The third-order valence-corrected chi connectivity index (χ3v) is 8.02. The van der Waals surface area contributed by atoms with Crippen molar-refractivity contribution in [1.29, 1.82) is 5.26 Å². The molecule has 11 heteroatoms. The highest BCUT2D eigenvalue weighted by Crippen LogP contribution is 2.48. The molecular weight excluding hydrogens is 588 g/mol. The van der Waals surface area contributed by atoms with E-state index in [4.69, 9.17) is 14.7 Å². The summed E-state index contributed by atoms with van der Waals surface area (Å²) in [5, 5.41) is 8.91. The van der Waals surface area contributed by atoms with Gasteiger partial charge in [0.05, 0.1) is 47.7 Å². The number of esters is 1. The van der Waals surface area contributed by atoms with Gasteiger partial charge in [-0.1, -0.05) is 12.1 Å². The quantitative estimate of drug-likeness (QED) is 0.123. The van der Waals surface area contributed by atoms with Crippen LogP contribution in [0.15, 0.2) is 66.7 Å². The van der Waals surface area contributed by atoms with Crippen LogP contribution in [0.25, 0.3) is 22.3 Å². The summed E-state index contributed by atoms with van der Waals surface area (Å²) < 4.78 is 71.4. The van der Waals surface area contributed by atoms with Gasteiger partial charge in [-0.3, -0.25) is 4.39 Å². The SMILES string of the molecule is COC(=O)c1ccc2nc(Cc3cc(F)c(-c4cccc(OCc5ccc(C#N)cc5F)n4)cc3F)n(CC3(CF)CC3)c2c1.